The molecule has 0 spiro atoms. The van der Waals surface area contributed by atoms with Crippen molar-refractivity contribution in [2.75, 3.05) is 6.61 Å². The van der Waals surface area contributed by atoms with Crippen LogP contribution in [0, 0.1) is 5.41 Å². The Morgan fingerprint density at radius 2 is 1.71 bits per heavy atom. The Labute approximate surface area is 83.4 Å². The topological polar surface area (TPSA) is 72.6 Å². The zero-order chi connectivity index (χ0) is 10.2. The molecule has 0 atom stereocenters. The second-order valence-corrected chi connectivity index (χ2v) is 4.76. The standard InChI is InChI=1S/C10H17NO3/c11-8(13)14-10-4-1-9(7-12,2-5-10)3-6-10/h12H,1-7H2,(H2,11,13). The molecule has 0 heterocycles. The summed E-state index contributed by atoms with van der Waals surface area (Å²) in [5.41, 5.74) is 4.87. The molecular weight excluding hydrogens is 182 g/mol. The van der Waals surface area contributed by atoms with Crippen LogP contribution in [-0.4, -0.2) is 23.4 Å². The highest BCUT2D eigenvalue weighted by atomic mass is 16.6. The van der Waals surface area contributed by atoms with E-state index in [1.165, 1.54) is 0 Å². The van der Waals surface area contributed by atoms with Gasteiger partial charge in [0.2, 0.25) is 0 Å². The van der Waals surface area contributed by atoms with Crippen molar-refractivity contribution in [1.82, 2.24) is 0 Å². The predicted octanol–water partition coefficient (Wildman–Crippen LogP) is 1.17. The third-order valence-corrected chi connectivity index (χ3v) is 3.99. The van der Waals surface area contributed by atoms with E-state index >= 15 is 0 Å². The lowest BCUT2D eigenvalue weighted by Gasteiger charge is -2.51. The number of ether oxygens (including phenoxy) is 1. The van der Waals surface area contributed by atoms with Gasteiger partial charge in [0.15, 0.2) is 0 Å². The van der Waals surface area contributed by atoms with E-state index in [1.54, 1.807) is 0 Å². The van der Waals surface area contributed by atoms with Gasteiger partial charge in [-0.25, -0.2) is 4.79 Å². The molecule has 14 heavy (non-hydrogen) atoms. The molecule has 3 aliphatic rings. The van der Waals surface area contributed by atoms with Crippen LogP contribution in [0.15, 0.2) is 0 Å². The minimum absolute atomic E-state index is 0.114. The van der Waals surface area contributed by atoms with Gasteiger partial charge in [0.1, 0.15) is 5.60 Å². The van der Waals surface area contributed by atoms with Crippen molar-refractivity contribution in [3.63, 3.8) is 0 Å². The molecule has 2 bridgehead atoms. The number of aliphatic hydroxyl groups is 1. The van der Waals surface area contributed by atoms with Crippen LogP contribution in [0.5, 0.6) is 0 Å². The number of primary amides is 1. The molecule has 0 aromatic heterocycles. The molecule has 1 amide bonds. The number of hydrogen-bond donors (Lipinski definition) is 2. The van der Waals surface area contributed by atoms with Crippen LogP contribution in [-0.2, 0) is 4.74 Å². The van der Waals surface area contributed by atoms with E-state index in [0.29, 0.717) is 0 Å². The Morgan fingerprint density at radius 3 is 2.07 bits per heavy atom. The van der Waals surface area contributed by atoms with E-state index in [1.807, 2.05) is 0 Å². The van der Waals surface area contributed by atoms with Crippen molar-refractivity contribution < 1.29 is 14.6 Å². The molecule has 3 N–H and O–H groups in total. The summed E-state index contributed by atoms with van der Waals surface area (Å²) in [5.74, 6) is 0. The molecule has 3 saturated carbocycles. The fourth-order valence-electron chi connectivity index (χ4n) is 2.83. The summed E-state index contributed by atoms with van der Waals surface area (Å²) in [6.07, 6.45) is 4.77. The number of fused-ring (bicyclic) bond motifs is 3. The maximum atomic E-state index is 10.7. The third-order valence-electron chi connectivity index (χ3n) is 3.99. The Morgan fingerprint density at radius 1 is 1.21 bits per heavy atom. The molecule has 0 saturated heterocycles. The van der Waals surface area contributed by atoms with E-state index in [2.05, 4.69) is 0 Å². The quantitative estimate of drug-likeness (QED) is 0.701. The molecule has 3 fully saturated rings. The second kappa shape index (κ2) is 3.12. The van der Waals surface area contributed by atoms with Crippen LogP contribution in [0.4, 0.5) is 4.79 Å². The lowest BCUT2D eigenvalue weighted by Crippen LogP contribution is -2.50. The van der Waals surface area contributed by atoms with Crippen LogP contribution in [0.3, 0.4) is 0 Å². The largest absolute Gasteiger partial charge is 0.443 e. The fraction of sp³-hybridized carbons (Fsp3) is 0.900. The first-order valence-corrected chi connectivity index (χ1v) is 5.19. The van der Waals surface area contributed by atoms with Gasteiger partial charge >= 0.3 is 6.09 Å². The first-order chi connectivity index (χ1) is 6.60. The molecular formula is C10H17NO3. The minimum atomic E-state index is -0.664. The van der Waals surface area contributed by atoms with E-state index in [0.717, 1.165) is 38.5 Å². The molecule has 80 valence electrons. The summed E-state index contributed by atoms with van der Waals surface area (Å²) < 4.78 is 5.21. The number of rotatable bonds is 2. The number of carbonyl (C=O) groups excluding carboxylic acids is 1. The highest BCUT2D eigenvalue weighted by Crippen LogP contribution is 2.53. The molecule has 4 nitrogen and oxygen atoms in total. The van der Waals surface area contributed by atoms with Crippen molar-refractivity contribution in [2.45, 2.75) is 44.1 Å². The average Bonchev–Trinajstić information content (AvgIpc) is 2.19. The maximum Gasteiger partial charge on any atom is 0.405 e. The van der Waals surface area contributed by atoms with Crippen LogP contribution in [0.1, 0.15) is 38.5 Å². The van der Waals surface area contributed by atoms with Crippen molar-refractivity contribution in [3.8, 4) is 0 Å². The summed E-state index contributed by atoms with van der Waals surface area (Å²) >= 11 is 0. The summed E-state index contributed by atoms with van der Waals surface area (Å²) in [6, 6.07) is 0. The predicted molar refractivity (Wildman–Crippen MR) is 50.6 cm³/mol. The number of hydrogen-bond acceptors (Lipinski definition) is 3. The fourth-order valence-corrected chi connectivity index (χ4v) is 2.83. The number of amides is 1. The van der Waals surface area contributed by atoms with Crippen LogP contribution < -0.4 is 5.73 Å². The zero-order valence-electron chi connectivity index (χ0n) is 8.29. The van der Waals surface area contributed by atoms with Gasteiger partial charge in [-0.05, 0) is 43.9 Å². The molecule has 3 rings (SSSR count). The lowest BCUT2D eigenvalue weighted by atomic mass is 9.59. The van der Waals surface area contributed by atoms with Crippen LogP contribution >= 0.6 is 0 Å². The Balaban J connectivity index is 2.05. The van der Waals surface area contributed by atoms with Gasteiger partial charge < -0.3 is 15.6 Å². The Hall–Kier alpha value is -0.770. The third kappa shape index (κ3) is 1.47. The van der Waals surface area contributed by atoms with Gasteiger partial charge in [-0.15, -0.1) is 0 Å². The van der Waals surface area contributed by atoms with E-state index < -0.39 is 6.09 Å². The number of nitrogens with two attached hydrogens (primary N) is 1. The van der Waals surface area contributed by atoms with E-state index in [4.69, 9.17) is 10.5 Å². The van der Waals surface area contributed by atoms with Crippen molar-refractivity contribution in [3.05, 3.63) is 0 Å². The van der Waals surface area contributed by atoms with Gasteiger partial charge in [0.25, 0.3) is 0 Å². The van der Waals surface area contributed by atoms with Crippen LogP contribution in [0.2, 0.25) is 0 Å². The van der Waals surface area contributed by atoms with Gasteiger partial charge in [-0.3, -0.25) is 0 Å². The molecule has 0 radical (unpaired) electrons. The zero-order valence-corrected chi connectivity index (χ0v) is 8.29. The first-order valence-electron chi connectivity index (χ1n) is 5.19. The molecule has 4 heteroatoms. The highest BCUT2D eigenvalue weighted by Gasteiger charge is 2.50. The van der Waals surface area contributed by atoms with E-state index in [-0.39, 0.29) is 17.6 Å². The van der Waals surface area contributed by atoms with Gasteiger partial charge in [0, 0.05) is 6.61 Å². The van der Waals surface area contributed by atoms with Crippen molar-refractivity contribution >= 4 is 6.09 Å². The monoisotopic (exact) mass is 199 g/mol. The van der Waals surface area contributed by atoms with Gasteiger partial charge in [-0.2, -0.15) is 0 Å². The minimum Gasteiger partial charge on any atom is -0.443 e. The Bertz CT molecular complexity index is 227. The average molecular weight is 199 g/mol. The van der Waals surface area contributed by atoms with Crippen molar-refractivity contribution in [1.29, 1.82) is 0 Å². The maximum absolute atomic E-state index is 10.7. The summed E-state index contributed by atoms with van der Waals surface area (Å²) in [5, 5.41) is 9.30. The summed E-state index contributed by atoms with van der Waals surface area (Å²) in [4.78, 5) is 10.7. The second-order valence-electron chi connectivity index (χ2n) is 4.76. The molecule has 3 aliphatic carbocycles. The SMILES string of the molecule is NC(=O)OC12CCC(CO)(CC1)CC2. The first kappa shape index (κ1) is 9.77. The van der Waals surface area contributed by atoms with Crippen LogP contribution in [0.25, 0.3) is 0 Å². The number of aliphatic hydroxyl groups excluding tert-OH is 1. The Kier molecular flexibility index (Phi) is 2.18. The lowest BCUT2D eigenvalue weighted by molar-refractivity contribution is -0.108. The molecule has 0 aliphatic heterocycles. The van der Waals surface area contributed by atoms with Gasteiger partial charge in [-0.1, -0.05) is 0 Å². The molecule has 0 unspecified atom stereocenters. The molecule has 0 aromatic rings. The number of carbonyl (C=O) groups is 1. The normalized spacial score (nSPS) is 40.9. The smallest absolute Gasteiger partial charge is 0.405 e. The van der Waals surface area contributed by atoms with Gasteiger partial charge in [0.05, 0.1) is 0 Å². The summed E-state index contributed by atoms with van der Waals surface area (Å²) in [7, 11) is 0. The van der Waals surface area contributed by atoms with Crippen molar-refractivity contribution in [2.24, 2.45) is 11.1 Å². The molecule has 0 aromatic carbocycles. The highest BCUT2D eigenvalue weighted by molar-refractivity contribution is 5.65. The van der Waals surface area contributed by atoms with E-state index in [9.17, 15) is 9.90 Å². The summed E-state index contributed by atoms with van der Waals surface area (Å²) in [6.45, 7) is 0.264.